The van der Waals surface area contributed by atoms with E-state index in [1.54, 1.807) is 6.92 Å². The summed E-state index contributed by atoms with van der Waals surface area (Å²) in [5.41, 5.74) is 1.07. The number of thiophene rings is 1. The van der Waals surface area contributed by atoms with Crippen molar-refractivity contribution in [3.05, 3.63) is 53.0 Å². The van der Waals surface area contributed by atoms with Crippen LogP contribution >= 0.6 is 11.3 Å². The number of ether oxygens (including phenoxy) is 1. The van der Waals surface area contributed by atoms with Crippen LogP contribution in [0.5, 0.6) is 5.75 Å². The van der Waals surface area contributed by atoms with E-state index in [2.05, 4.69) is 15.5 Å². The monoisotopic (exact) mass is 371 g/mol. The smallest absolute Gasteiger partial charge is 0.265 e. The van der Waals surface area contributed by atoms with Gasteiger partial charge in [0.05, 0.1) is 6.61 Å². The van der Waals surface area contributed by atoms with Crippen molar-refractivity contribution in [2.45, 2.75) is 26.7 Å². The molecule has 0 saturated heterocycles. The molecule has 1 amide bonds. The molecule has 0 saturated carbocycles. The molecule has 1 aromatic carbocycles. The predicted octanol–water partition coefficient (Wildman–Crippen LogP) is 3.87. The summed E-state index contributed by atoms with van der Waals surface area (Å²) in [5, 5.41) is 6.69. The van der Waals surface area contributed by atoms with E-state index >= 15 is 0 Å². The summed E-state index contributed by atoms with van der Waals surface area (Å²) in [4.78, 5) is 18.3. The number of nitrogens with zero attached hydrogens (tertiary/aromatic N) is 2. The highest BCUT2D eigenvalue weighted by Crippen LogP contribution is 2.36. The third kappa shape index (κ3) is 4.49. The Hall–Kier alpha value is -2.67. The predicted molar refractivity (Wildman–Crippen MR) is 101 cm³/mol. The molecule has 0 unspecified atom stereocenters. The fraction of sp³-hybridized carbons (Fsp3) is 0.316. The Morgan fingerprint density at radius 2 is 2.12 bits per heavy atom. The molecule has 0 aliphatic rings. The van der Waals surface area contributed by atoms with Crippen LogP contribution in [0.1, 0.15) is 34.7 Å². The van der Waals surface area contributed by atoms with Gasteiger partial charge in [-0.3, -0.25) is 4.79 Å². The van der Waals surface area contributed by atoms with Crippen LogP contribution in [-0.4, -0.2) is 29.2 Å². The van der Waals surface area contributed by atoms with Crippen LogP contribution in [0.4, 0.5) is 0 Å². The van der Waals surface area contributed by atoms with Gasteiger partial charge in [0, 0.05) is 17.8 Å². The van der Waals surface area contributed by atoms with Gasteiger partial charge in [0.15, 0.2) is 5.82 Å². The van der Waals surface area contributed by atoms with Crippen molar-refractivity contribution < 1.29 is 14.1 Å². The minimum absolute atomic E-state index is 0.123. The molecule has 0 aliphatic heterocycles. The fourth-order valence-corrected chi connectivity index (χ4v) is 3.53. The molecule has 6 nitrogen and oxygen atoms in total. The maximum Gasteiger partial charge on any atom is 0.265 e. The van der Waals surface area contributed by atoms with Crippen LogP contribution in [0.25, 0.3) is 10.4 Å². The first-order chi connectivity index (χ1) is 12.7. The van der Waals surface area contributed by atoms with Crippen molar-refractivity contribution in [1.82, 2.24) is 15.5 Å². The van der Waals surface area contributed by atoms with Gasteiger partial charge in [0.25, 0.3) is 5.91 Å². The zero-order chi connectivity index (χ0) is 18.4. The summed E-state index contributed by atoms with van der Waals surface area (Å²) >= 11 is 1.44. The molecule has 26 heavy (non-hydrogen) atoms. The summed E-state index contributed by atoms with van der Waals surface area (Å²) < 4.78 is 10.7. The van der Waals surface area contributed by atoms with Gasteiger partial charge < -0.3 is 14.6 Å². The van der Waals surface area contributed by atoms with Crippen LogP contribution in [0.3, 0.4) is 0 Å². The number of carbonyl (C=O) groups is 1. The van der Waals surface area contributed by atoms with Crippen molar-refractivity contribution in [1.29, 1.82) is 0 Å². The number of aromatic nitrogens is 2. The van der Waals surface area contributed by atoms with Crippen molar-refractivity contribution in [2.75, 3.05) is 13.2 Å². The zero-order valence-electron chi connectivity index (χ0n) is 14.8. The lowest BCUT2D eigenvalue weighted by molar-refractivity contribution is 0.0953. The number of hydrogen-bond acceptors (Lipinski definition) is 6. The fourth-order valence-electron chi connectivity index (χ4n) is 2.50. The Kier molecular flexibility index (Phi) is 6.01. The average molecular weight is 371 g/mol. The van der Waals surface area contributed by atoms with E-state index < -0.39 is 0 Å². The molecule has 1 N–H and O–H groups in total. The van der Waals surface area contributed by atoms with E-state index in [0.29, 0.717) is 41.9 Å². The first-order valence-electron chi connectivity index (χ1n) is 8.56. The molecule has 136 valence electrons. The highest BCUT2D eigenvalue weighted by atomic mass is 32.1. The third-order valence-corrected chi connectivity index (χ3v) is 4.85. The lowest BCUT2D eigenvalue weighted by Crippen LogP contribution is -2.24. The summed E-state index contributed by atoms with van der Waals surface area (Å²) in [6.07, 6.45) is 1.37. The van der Waals surface area contributed by atoms with Gasteiger partial charge in [-0.05, 0) is 31.9 Å². The largest absolute Gasteiger partial charge is 0.492 e. The minimum atomic E-state index is -0.123. The second kappa shape index (κ2) is 8.62. The quantitative estimate of drug-likeness (QED) is 0.608. The summed E-state index contributed by atoms with van der Waals surface area (Å²) in [5.74, 6) is 1.72. The molecule has 7 heteroatoms. The van der Waals surface area contributed by atoms with Gasteiger partial charge in [-0.25, -0.2) is 0 Å². The Morgan fingerprint density at radius 3 is 2.81 bits per heavy atom. The molecule has 3 aromatic rings. The average Bonchev–Trinajstić information content (AvgIpc) is 3.26. The van der Waals surface area contributed by atoms with Gasteiger partial charge in [0.1, 0.15) is 10.6 Å². The summed E-state index contributed by atoms with van der Waals surface area (Å²) in [6.45, 7) is 4.74. The summed E-state index contributed by atoms with van der Waals surface area (Å²) in [6, 6.07) is 11.9. The van der Waals surface area contributed by atoms with Crippen LogP contribution in [0.2, 0.25) is 0 Å². The molecule has 3 rings (SSSR count). The van der Waals surface area contributed by atoms with Gasteiger partial charge in [-0.15, -0.1) is 11.3 Å². The number of hydrogen-bond donors (Lipinski definition) is 1. The topological polar surface area (TPSA) is 77.2 Å². The maximum absolute atomic E-state index is 12.6. The normalized spacial score (nSPS) is 10.7. The van der Waals surface area contributed by atoms with Gasteiger partial charge in [-0.2, -0.15) is 4.98 Å². The molecule has 0 aliphatic carbocycles. The van der Waals surface area contributed by atoms with Crippen molar-refractivity contribution in [3.63, 3.8) is 0 Å². The minimum Gasteiger partial charge on any atom is -0.492 e. The zero-order valence-corrected chi connectivity index (χ0v) is 15.6. The molecule has 0 atom stereocenters. The third-order valence-electron chi connectivity index (χ3n) is 3.68. The molecule has 0 spiro atoms. The van der Waals surface area contributed by atoms with Crippen molar-refractivity contribution >= 4 is 17.2 Å². The number of rotatable bonds is 8. The Bertz CT molecular complexity index is 858. The van der Waals surface area contributed by atoms with E-state index in [4.69, 9.17) is 9.26 Å². The van der Waals surface area contributed by atoms with E-state index in [1.165, 1.54) is 11.3 Å². The molecular formula is C19H21N3O3S. The van der Waals surface area contributed by atoms with Crippen LogP contribution in [0.15, 0.2) is 40.9 Å². The molecule has 2 aromatic heterocycles. The van der Waals surface area contributed by atoms with Gasteiger partial charge in [-0.1, -0.05) is 35.5 Å². The maximum atomic E-state index is 12.6. The second-order valence-electron chi connectivity index (χ2n) is 5.70. The number of aryl methyl sites for hydroxylation is 2. The molecule has 2 heterocycles. The summed E-state index contributed by atoms with van der Waals surface area (Å²) in [7, 11) is 0. The first-order valence-corrected chi connectivity index (χ1v) is 9.38. The van der Waals surface area contributed by atoms with E-state index in [9.17, 15) is 4.79 Å². The SMILES string of the molecule is CCOc1cc(-c2ccccc2)sc1C(=O)NCCCc1nc(C)no1. The lowest BCUT2D eigenvalue weighted by atomic mass is 10.2. The Balaban J connectivity index is 1.63. The van der Waals surface area contributed by atoms with E-state index in [1.807, 2.05) is 43.3 Å². The molecular weight excluding hydrogens is 350 g/mol. The Morgan fingerprint density at radius 1 is 1.31 bits per heavy atom. The first kappa shape index (κ1) is 18.1. The van der Waals surface area contributed by atoms with Gasteiger partial charge >= 0.3 is 0 Å². The lowest BCUT2D eigenvalue weighted by Gasteiger charge is -2.05. The number of amides is 1. The number of carbonyl (C=O) groups excluding carboxylic acids is 1. The highest BCUT2D eigenvalue weighted by molar-refractivity contribution is 7.17. The van der Waals surface area contributed by atoms with Crippen molar-refractivity contribution in [2.24, 2.45) is 0 Å². The molecule has 0 bridgehead atoms. The number of nitrogens with one attached hydrogen (secondary N) is 1. The van der Waals surface area contributed by atoms with E-state index in [-0.39, 0.29) is 5.91 Å². The van der Waals surface area contributed by atoms with Gasteiger partial charge in [0.2, 0.25) is 5.89 Å². The van der Waals surface area contributed by atoms with Crippen LogP contribution in [-0.2, 0) is 6.42 Å². The van der Waals surface area contributed by atoms with E-state index in [0.717, 1.165) is 16.9 Å². The second-order valence-corrected chi connectivity index (χ2v) is 6.75. The number of benzene rings is 1. The van der Waals surface area contributed by atoms with Crippen LogP contribution in [0, 0.1) is 6.92 Å². The molecule has 0 radical (unpaired) electrons. The highest BCUT2D eigenvalue weighted by Gasteiger charge is 2.18. The molecule has 0 fully saturated rings. The Labute approximate surface area is 156 Å². The standard InChI is InChI=1S/C19H21N3O3S/c1-3-24-15-12-16(14-8-5-4-6-9-14)26-18(15)19(23)20-11-7-10-17-21-13(2)22-25-17/h4-6,8-9,12H,3,7,10-11H2,1-2H3,(H,20,23). The van der Waals surface area contributed by atoms with Crippen LogP contribution < -0.4 is 10.1 Å². The van der Waals surface area contributed by atoms with Crippen molar-refractivity contribution in [3.8, 4) is 16.2 Å².